The summed E-state index contributed by atoms with van der Waals surface area (Å²) in [6, 6.07) is 17.8. The van der Waals surface area contributed by atoms with Crippen LogP contribution in [0.25, 0.3) is 10.9 Å². The van der Waals surface area contributed by atoms with Gasteiger partial charge in [-0.05, 0) is 31.0 Å². The van der Waals surface area contributed by atoms with Gasteiger partial charge in [0.1, 0.15) is 0 Å². The molecule has 0 aliphatic heterocycles. The molecule has 2 aromatic carbocycles. The summed E-state index contributed by atoms with van der Waals surface area (Å²) in [7, 11) is 0. The lowest BCUT2D eigenvalue weighted by Crippen LogP contribution is -2.03. The van der Waals surface area contributed by atoms with Gasteiger partial charge >= 0.3 is 0 Å². The van der Waals surface area contributed by atoms with Gasteiger partial charge in [-0.15, -0.1) is 10.2 Å². The van der Waals surface area contributed by atoms with Crippen molar-refractivity contribution < 1.29 is 0 Å². The second-order valence-corrected chi connectivity index (χ2v) is 4.59. The zero-order valence-electron chi connectivity index (χ0n) is 11.8. The number of hydrogen-bond donors (Lipinski definition) is 1. The highest BCUT2D eigenvalue weighted by Gasteiger charge is 2.07. The van der Waals surface area contributed by atoms with Crippen LogP contribution in [-0.4, -0.2) is 16.7 Å². The lowest BCUT2D eigenvalue weighted by molar-refractivity contribution is 1.05. The fourth-order valence-corrected chi connectivity index (χ4v) is 2.15. The van der Waals surface area contributed by atoms with Gasteiger partial charge in [0.2, 0.25) is 0 Å². The van der Waals surface area contributed by atoms with Gasteiger partial charge in [-0.3, -0.25) is 0 Å². The summed E-state index contributed by atoms with van der Waals surface area (Å²) in [5.74, 6) is 6.25. The van der Waals surface area contributed by atoms with Crippen molar-refractivity contribution in [2.24, 2.45) is 0 Å². The third-order valence-corrected chi connectivity index (χ3v) is 3.12. The number of hydrogen-bond acceptors (Lipinski definition) is 3. The first kappa shape index (κ1) is 13.1. The van der Waals surface area contributed by atoms with E-state index in [1.165, 1.54) is 0 Å². The number of benzene rings is 2. The molecule has 0 atom stereocenters. The maximum absolute atomic E-state index is 4.25. The molecule has 3 rings (SSSR count). The molecule has 0 fully saturated rings. The summed E-state index contributed by atoms with van der Waals surface area (Å²) >= 11 is 0. The van der Waals surface area contributed by atoms with Gasteiger partial charge in [0, 0.05) is 17.5 Å². The molecular formula is C18H15N3. The SMILES string of the molecule is CCNc1c(C#Cc2ccccc2)nnc2ccccc12. The predicted molar refractivity (Wildman–Crippen MR) is 86.1 cm³/mol. The van der Waals surface area contributed by atoms with E-state index < -0.39 is 0 Å². The van der Waals surface area contributed by atoms with E-state index in [0.29, 0.717) is 5.69 Å². The molecule has 0 saturated carbocycles. The first-order valence-electron chi connectivity index (χ1n) is 6.95. The second kappa shape index (κ2) is 6.06. The molecule has 0 radical (unpaired) electrons. The van der Waals surface area contributed by atoms with Crippen molar-refractivity contribution in [3.05, 3.63) is 65.9 Å². The van der Waals surface area contributed by atoms with Crippen LogP contribution in [0.1, 0.15) is 18.2 Å². The number of anilines is 1. The highest BCUT2D eigenvalue weighted by Crippen LogP contribution is 2.23. The van der Waals surface area contributed by atoms with Gasteiger partial charge in [-0.1, -0.05) is 42.3 Å². The molecule has 3 aromatic rings. The normalized spacial score (nSPS) is 9.95. The Morgan fingerprint density at radius 3 is 2.48 bits per heavy atom. The molecule has 0 aliphatic rings. The molecule has 1 N–H and O–H groups in total. The maximum atomic E-state index is 4.25. The zero-order valence-corrected chi connectivity index (χ0v) is 11.8. The van der Waals surface area contributed by atoms with Crippen molar-refractivity contribution in [2.45, 2.75) is 6.92 Å². The fourth-order valence-electron chi connectivity index (χ4n) is 2.15. The highest BCUT2D eigenvalue weighted by atomic mass is 15.1. The molecule has 0 unspecified atom stereocenters. The van der Waals surface area contributed by atoms with Crippen molar-refractivity contribution in [3.8, 4) is 11.8 Å². The van der Waals surface area contributed by atoms with Crippen LogP contribution < -0.4 is 5.32 Å². The lowest BCUT2D eigenvalue weighted by atomic mass is 10.1. The minimum Gasteiger partial charge on any atom is -0.382 e. The van der Waals surface area contributed by atoms with Crippen molar-refractivity contribution >= 4 is 16.6 Å². The monoisotopic (exact) mass is 273 g/mol. The van der Waals surface area contributed by atoms with E-state index in [9.17, 15) is 0 Å². The van der Waals surface area contributed by atoms with Gasteiger partial charge in [-0.25, -0.2) is 0 Å². The Balaban J connectivity index is 2.10. The molecular weight excluding hydrogens is 258 g/mol. The average Bonchev–Trinajstić information content (AvgIpc) is 2.55. The molecule has 0 amide bonds. The summed E-state index contributed by atoms with van der Waals surface area (Å²) in [5, 5.41) is 12.9. The van der Waals surface area contributed by atoms with Gasteiger partial charge in [-0.2, -0.15) is 0 Å². The number of aromatic nitrogens is 2. The van der Waals surface area contributed by atoms with Crippen molar-refractivity contribution in [1.29, 1.82) is 0 Å². The maximum Gasteiger partial charge on any atom is 0.160 e. The summed E-state index contributed by atoms with van der Waals surface area (Å²) in [5.41, 5.74) is 3.47. The van der Waals surface area contributed by atoms with Gasteiger partial charge < -0.3 is 5.32 Å². The molecule has 0 bridgehead atoms. The molecule has 0 aliphatic carbocycles. The number of rotatable bonds is 2. The number of nitrogens with zero attached hydrogens (tertiary/aromatic N) is 2. The Bertz CT molecular complexity index is 814. The third-order valence-electron chi connectivity index (χ3n) is 3.12. The predicted octanol–water partition coefficient (Wildman–Crippen LogP) is 3.46. The number of nitrogens with one attached hydrogen (secondary N) is 1. The van der Waals surface area contributed by atoms with E-state index in [0.717, 1.165) is 28.7 Å². The molecule has 3 nitrogen and oxygen atoms in total. The summed E-state index contributed by atoms with van der Waals surface area (Å²) < 4.78 is 0. The van der Waals surface area contributed by atoms with E-state index in [-0.39, 0.29) is 0 Å². The lowest BCUT2D eigenvalue weighted by Gasteiger charge is -2.08. The molecule has 1 heterocycles. The minimum absolute atomic E-state index is 0.680. The standard InChI is InChI=1S/C18H15N3/c1-2-19-18-15-10-6-7-11-16(15)20-21-17(18)13-12-14-8-4-3-5-9-14/h3-11H,2H2,1H3,(H,19,20). The Labute approximate surface area is 124 Å². The summed E-state index contributed by atoms with van der Waals surface area (Å²) in [6.45, 7) is 2.87. The first-order valence-corrected chi connectivity index (χ1v) is 6.95. The molecule has 3 heteroatoms. The van der Waals surface area contributed by atoms with Crippen molar-refractivity contribution in [3.63, 3.8) is 0 Å². The van der Waals surface area contributed by atoms with E-state index in [2.05, 4.69) is 34.3 Å². The quantitative estimate of drug-likeness (QED) is 0.727. The third kappa shape index (κ3) is 2.85. The zero-order chi connectivity index (χ0) is 14.5. The molecule has 0 saturated heterocycles. The van der Waals surface area contributed by atoms with Gasteiger partial charge in [0.05, 0.1) is 11.2 Å². The first-order chi connectivity index (χ1) is 10.4. The molecule has 21 heavy (non-hydrogen) atoms. The minimum atomic E-state index is 0.680. The van der Waals surface area contributed by atoms with Gasteiger partial charge in [0.25, 0.3) is 0 Å². The van der Waals surface area contributed by atoms with E-state index >= 15 is 0 Å². The van der Waals surface area contributed by atoms with Crippen LogP contribution in [0.15, 0.2) is 54.6 Å². The number of fused-ring (bicyclic) bond motifs is 1. The van der Waals surface area contributed by atoms with E-state index in [4.69, 9.17) is 0 Å². The smallest absolute Gasteiger partial charge is 0.160 e. The second-order valence-electron chi connectivity index (χ2n) is 4.59. The van der Waals surface area contributed by atoms with Crippen LogP contribution >= 0.6 is 0 Å². The van der Waals surface area contributed by atoms with E-state index in [1.54, 1.807) is 0 Å². The molecule has 0 spiro atoms. The Morgan fingerprint density at radius 1 is 0.905 bits per heavy atom. The largest absolute Gasteiger partial charge is 0.382 e. The highest BCUT2D eigenvalue weighted by molar-refractivity contribution is 5.92. The average molecular weight is 273 g/mol. The topological polar surface area (TPSA) is 37.8 Å². The van der Waals surface area contributed by atoms with Crippen molar-refractivity contribution in [2.75, 3.05) is 11.9 Å². The van der Waals surface area contributed by atoms with Crippen LogP contribution in [0.5, 0.6) is 0 Å². The van der Waals surface area contributed by atoms with Crippen LogP contribution in [0, 0.1) is 11.8 Å². The summed E-state index contributed by atoms with van der Waals surface area (Å²) in [4.78, 5) is 0. The van der Waals surface area contributed by atoms with Crippen molar-refractivity contribution in [1.82, 2.24) is 10.2 Å². The Kier molecular flexibility index (Phi) is 3.79. The summed E-state index contributed by atoms with van der Waals surface area (Å²) in [6.07, 6.45) is 0. The Hall–Kier alpha value is -2.86. The molecule has 102 valence electrons. The van der Waals surface area contributed by atoms with E-state index in [1.807, 2.05) is 54.6 Å². The van der Waals surface area contributed by atoms with Crippen LogP contribution in [-0.2, 0) is 0 Å². The van der Waals surface area contributed by atoms with Crippen LogP contribution in [0.2, 0.25) is 0 Å². The molecule has 1 aromatic heterocycles. The van der Waals surface area contributed by atoms with Crippen LogP contribution in [0.4, 0.5) is 5.69 Å². The van der Waals surface area contributed by atoms with Gasteiger partial charge in [0.15, 0.2) is 5.69 Å². The Morgan fingerprint density at radius 2 is 1.67 bits per heavy atom. The van der Waals surface area contributed by atoms with Crippen LogP contribution in [0.3, 0.4) is 0 Å². The fraction of sp³-hybridized carbons (Fsp3) is 0.111.